The van der Waals surface area contributed by atoms with Gasteiger partial charge in [0.2, 0.25) is 0 Å². The highest BCUT2D eigenvalue weighted by Gasteiger charge is 2.27. The van der Waals surface area contributed by atoms with Gasteiger partial charge < -0.3 is 4.57 Å². The van der Waals surface area contributed by atoms with Crippen LogP contribution < -0.4 is 0 Å². The Hall–Kier alpha value is -0.860. The molecule has 0 aliphatic rings. The van der Waals surface area contributed by atoms with Crippen LogP contribution in [-0.4, -0.2) is 4.57 Å². The summed E-state index contributed by atoms with van der Waals surface area (Å²) in [6.45, 7) is 6.13. The Morgan fingerprint density at radius 1 is 1.33 bits per heavy atom. The van der Waals surface area contributed by atoms with Crippen LogP contribution in [0.5, 0.6) is 0 Å². The predicted octanol–water partition coefficient (Wildman–Crippen LogP) is 4.04. The lowest BCUT2D eigenvalue weighted by atomic mass is 9.80. The quantitative estimate of drug-likeness (QED) is 0.714. The van der Waals surface area contributed by atoms with E-state index in [1.807, 2.05) is 20.0 Å². The maximum Gasteiger partial charge on any atom is 0.265 e. The van der Waals surface area contributed by atoms with Crippen LogP contribution in [0.1, 0.15) is 51.2 Å². The monoisotopic (exact) mass is 215 g/mol. The number of rotatable bonds is 4. The van der Waals surface area contributed by atoms with E-state index in [1.165, 1.54) is 6.20 Å². The van der Waals surface area contributed by atoms with Crippen molar-refractivity contribution in [2.75, 3.05) is 0 Å². The van der Waals surface area contributed by atoms with Crippen molar-refractivity contribution in [3.05, 3.63) is 23.5 Å². The molecular weight excluding hydrogens is 196 g/mol. The lowest BCUT2D eigenvalue weighted by Crippen LogP contribution is -2.17. The smallest absolute Gasteiger partial charge is 0.265 e. The lowest BCUT2D eigenvalue weighted by Gasteiger charge is -2.24. The fourth-order valence-electron chi connectivity index (χ4n) is 2.10. The molecule has 1 heterocycles. The Balaban J connectivity index is 3.12. The van der Waals surface area contributed by atoms with Crippen molar-refractivity contribution >= 4 is 0 Å². The van der Waals surface area contributed by atoms with Crippen molar-refractivity contribution < 1.29 is 8.78 Å². The van der Waals surface area contributed by atoms with E-state index >= 15 is 0 Å². The highest BCUT2D eigenvalue weighted by Crippen LogP contribution is 2.35. The molecule has 1 rings (SSSR count). The third-order valence-electron chi connectivity index (χ3n) is 2.83. The first-order valence-electron chi connectivity index (χ1n) is 5.33. The Labute approximate surface area is 90.1 Å². The molecule has 1 aromatic heterocycles. The van der Waals surface area contributed by atoms with Crippen LogP contribution in [0.2, 0.25) is 0 Å². The van der Waals surface area contributed by atoms with Crippen LogP contribution in [0.15, 0.2) is 12.4 Å². The van der Waals surface area contributed by atoms with Gasteiger partial charge in [0.15, 0.2) is 0 Å². The topological polar surface area (TPSA) is 4.93 Å². The summed E-state index contributed by atoms with van der Waals surface area (Å²) in [5.74, 6) is 0. The maximum absolute atomic E-state index is 12.8. The zero-order valence-corrected chi connectivity index (χ0v) is 9.85. The molecular formula is C12H19F2N. The molecule has 0 fully saturated rings. The minimum Gasteiger partial charge on any atom is -0.356 e. The van der Waals surface area contributed by atoms with E-state index in [4.69, 9.17) is 0 Å². The molecule has 1 nitrogen and oxygen atoms in total. The molecule has 0 aliphatic heterocycles. The first-order chi connectivity index (χ1) is 6.88. The van der Waals surface area contributed by atoms with E-state index < -0.39 is 6.43 Å². The Morgan fingerprint density at radius 2 is 1.93 bits per heavy atom. The standard InChI is InChI=1S/C12H19F2N/c1-5-6-12(2,3)10-8-15(4)7-9(10)11(13)14/h7-8,11H,5-6H2,1-4H3. The number of nitrogens with zero attached hydrogens (tertiary/aromatic N) is 1. The lowest BCUT2D eigenvalue weighted by molar-refractivity contribution is 0.148. The molecule has 3 heteroatoms. The first kappa shape index (κ1) is 12.2. The number of aryl methyl sites for hydroxylation is 1. The van der Waals surface area contributed by atoms with Gasteiger partial charge >= 0.3 is 0 Å². The minimum atomic E-state index is -2.38. The van der Waals surface area contributed by atoms with E-state index in [0.717, 1.165) is 18.4 Å². The van der Waals surface area contributed by atoms with Gasteiger partial charge in [-0.15, -0.1) is 0 Å². The van der Waals surface area contributed by atoms with Gasteiger partial charge in [-0.25, -0.2) is 8.78 Å². The van der Waals surface area contributed by atoms with Crippen LogP contribution in [-0.2, 0) is 12.5 Å². The van der Waals surface area contributed by atoms with E-state index in [0.29, 0.717) is 0 Å². The Bertz CT molecular complexity index is 326. The molecule has 0 N–H and O–H groups in total. The minimum absolute atomic E-state index is 0.165. The van der Waals surface area contributed by atoms with E-state index in [-0.39, 0.29) is 11.0 Å². The molecule has 0 saturated heterocycles. The number of halogens is 2. The van der Waals surface area contributed by atoms with Crippen LogP contribution in [0.25, 0.3) is 0 Å². The summed E-state index contributed by atoms with van der Waals surface area (Å²) >= 11 is 0. The third-order valence-corrected chi connectivity index (χ3v) is 2.83. The van der Waals surface area contributed by atoms with E-state index in [1.54, 1.807) is 11.6 Å². The first-order valence-corrected chi connectivity index (χ1v) is 5.33. The van der Waals surface area contributed by atoms with Crippen molar-refractivity contribution in [1.29, 1.82) is 0 Å². The molecule has 0 atom stereocenters. The molecule has 0 aromatic carbocycles. The average molecular weight is 215 g/mol. The van der Waals surface area contributed by atoms with Gasteiger partial charge in [-0.05, 0) is 17.4 Å². The normalized spacial score (nSPS) is 12.5. The summed E-state index contributed by atoms with van der Waals surface area (Å²) in [5, 5.41) is 0. The molecule has 0 amide bonds. The fourth-order valence-corrected chi connectivity index (χ4v) is 2.10. The molecule has 0 spiro atoms. The summed E-state index contributed by atoms with van der Waals surface area (Å²) < 4.78 is 27.3. The molecule has 86 valence electrons. The summed E-state index contributed by atoms with van der Waals surface area (Å²) in [6, 6.07) is 0. The van der Waals surface area contributed by atoms with Crippen LogP contribution >= 0.6 is 0 Å². The largest absolute Gasteiger partial charge is 0.356 e. The van der Waals surface area contributed by atoms with Crippen molar-refractivity contribution in [3.63, 3.8) is 0 Å². The predicted molar refractivity (Wildman–Crippen MR) is 58.3 cm³/mol. The molecule has 1 aromatic rings. The number of hydrogen-bond acceptors (Lipinski definition) is 0. The Morgan fingerprint density at radius 3 is 2.40 bits per heavy atom. The molecule has 15 heavy (non-hydrogen) atoms. The summed E-state index contributed by atoms with van der Waals surface area (Å²) in [6.07, 6.45) is 2.90. The average Bonchev–Trinajstić information content (AvgIpc) is 2.47. The summed E-state index contributed by atoms with van der Waals surface area (Å²) in [5.41, 5.74) is 0.791. The van der Waals surface area contributed by atoms with Gasteiger partial charge in [-0.3, -0.25) is 0 Å². The second kappa shape index (κ2) is 4.33. The molecule has 0 radical (unpaired) electrons. The summed E-state index contributed by atoms with van der Waals surface area (Å²) in [4.78, 5) is 0. The molecule has 0 bridgehead atoms. The zero-order chi connectivity index (χ0) is 11.6. The zero-order valence-electron chi connectivity index (χ0n) is 9.85. The van der Waals surface area contributed by atoms with Crippen LogP contribution in [0.3, 0.4) is 0 Å². The highest BCUT2D eigenvalue weighted by molar-refractivity contribution is 5.32. The Kier molecular flexibility index (Phi) is 3.53. The number of alkyl halides is 2. The van der Waals surface area contributed by atoms with Gasteiger partial charge in [0.05, 0.1) is 0 Å². The van der Waals surface area contributed by atoms with Crippen molar-refractivity contribution in [1.82, 2.24) is 4.57 Å². The second-order valence-corrected chi connectivity index (χ2v) is 4.73. The van der Waals surface area contributed by atoms with Crippen LogP contribution in [0, 0.1) is 0 Å². The fraction of sp³-hybridized carbons (Fsp3) is 0.667. The number of aromatic nitrogens is 1. The van der Waals surface area contributed by atoms with E-state index in [9.17, 15) is 8.78 Å². The van der Waals surface area contributed by atoms with Crippen molar-refractivity contribution in [2.45, 2.75) is 45.5 Å². The van der Waals surface area contributed by atoms with Crippen LogP contribution in [0.4, 0.5) is 8.78 Å². The van der Waals surface area contributed by atoms with Gasteiger partial charge in [0, 0.05) is 25.0 Å². The van der Waals surface area contributed by atoms with E-state index in [2.05, 4.69) is 6.92 Å². The highest BCUT2D eigenvalue weighted by atomic mass is 19.3. The van der Waals surface area contributed by atoms with Crippen molar-refractivity contribution in [3.8, 4) is 0 Å². The van der Waals surface area contributed by atoms with Gasteiger partial charge in [0.25, 0.3) is 6.43 Å². The van der Waals surface area contributed by atoms with Crippen molar-refractivity contribution in [2.24, 2.45) is 7.05 Å². The van der Waals surface area contributed by atoms with Gasteiger partial charge in [0.1, 0.15) is 0 Å². The van der Waals surface area contributed by atoms with Gasteiger partial charge in [-0.2, -0.15) is 0 Å². The number of hydrogen-bond donors (Lipinski definition) is 0. The molecule has 0 unspecified atom stereocenters. The second-order valence-electron chi connectivity index (χ2n) is 4.73. The van der Waals surface area contributed by atoms with Gasteiger partial charge in [-0.1, -0.05) is 27.2 Å². The molecule has 0 aliphatic carbocycles. The SMILES string of the molecule is CCCC(C)(C)c1cn(C)cc1C(F)F. The third kappa shape index (κ3) is 2.58. The summed E-state index contributed by atoms with van der Waals surface area (Å²) in [7, 11) is 1.79. The maximum atomic E-state index is 12.8. The molecule has 0 saturated carbocycles.